The second kappa shape index (κ2) is 8.84. The van der Waals surface area contributed by atoms with Gasteiger partial charge in [-0.3, -0.25) is 4.79 Å². The molecule has 2 amide bonds. The van der Waals surface area contributed by atoms with Gasteiger partial charge in [-0.05, 0) is 78.5 Å². The fourth-order valence-corrected chi connectivity index (χ4v) is 3.53. The van der Waals surface area contributed by atoms with Crippen LogP contribution in [-0.2, 0) is 19.8 Å². The molecule has 2 rings (SSSR count). The lowest BCUT2D eigenvalue weighted by molar-refractivity contribution is -0.137. The Hall–Kier alpha value is -2.28. The Kier molecular flexibility index (Phi) is 7.07. The highest BCUT2D eigenvalue weighted by atomic mass is 35.5. The van der Waals surface area contributed by atoms with Crippen molar-refractivity contribution in [2.24, 2.45) is 0 Å². The summed E-state index contributed by atoms with van der Waals surface area (Å²) in [6.07, 6.45) is 0.339. The van der Waals surface area contributed by atoms with Crippen molar-refractivity contribution in [2.75, 3.05) is 0 Å². The number of Topliss-reactive ketones (excluding diaryl/α,β-unsaturated/α-hetero) is 1. The standard InChI is InChI=1S/C22H31ClN2O5/c1-20(2,3)29-18(27)24-25(19(28)30-21(4,5)6)22(14-8-7-9-17(22)26)15-10-12-16(23)13-11-15/h10-13H,7-9,14H2,1-6H3,(H,24,27). The van der Waals surface area contributed by atoms with Crippen molar-refractivity contribution in [1.82, 2.24) is 10.4 Å². The van der Waals surface area contributed by atoms with E-state index in [1.54, 1.807) is 65.8 Å². The lowest BCUT2D eigenvalue weighted by Crippen LogP contribution is -2.63. The summed E-state index contributed by atoms with van der Waals surface area (Å²) in [7, 11) is 0. The molecule has 30 heavy (non-hydrogen) atoms. The summed E-state index contributed by atoms with van der Waals surface area (Å²) in [5.74, 6) is -0.182. The molecule has 1 unspecified atom stereocenters. The third kappa shape index (κ3) is 5.88. The molecule has 0 bridgehead atoms. The fraction of sp³-hybridized carbons (Fsp3) is 0.591. The predicted molar refractivity (Wildman–Crippen MR) is 114 cm³/mol. The van der Waals surface area contributed by atoms with Crippen LogP contribution >= 0.6 is 11.6 Å². The maximum absolute atomic E-state index is 13.3. The molecule has 1 aliphatic rings. The van der Waals surface area contributed by atoms with E-state index in [1.165, 1.54) is 0 Å². The molecule has 1 aromatic carbocycles. The van der Waals surface area contributed by atoms with Crippen LogP contribution in [0.1, 0.15) is 72.8 Å². The van der Waals surface area contributed by atoms with Crippen LogP contribution in [0.5, 0.6) is 0 Å². The Morgan fingerprint density at radius 2 is 1.57 bits per heavy atom. The van der Waals surface area contributed by atoms with Crippen molar-refractivity contribution in [3.05, 3.63) is 34.9 Å². The molecule has 0 heterocycles. The van der Waals surface area contributed by atoms with E-state index in [1.807, 2.05) is 0 Å². The zero-order valence-corrected chi connectivity index (χ0v) is 19.3. The Balaban J connectivity index is 2.56. The molecule has 0 radical (unpaired) electrons. The number of nitrogens with zero attached hydrogens (tertiary/aromatic N) is 1. The molecule has 1 saturated carbocycles. The summed E-state index contributed by atoms with van der Waals surface area (Å²) < 4.78 is 10.9. The minimum atomic E-state index is -1.41. The van der Waals surface area contributed by atoms with Crippen LogP contribution in [-0.4, -0.2) is 34.2 Å². The summed E-state index contributed by atoms with van der Waals surface area (Å²) in [6, 6.07) is 6.70. The normalized spacial score (nSPS) is 19.8. The molecule has 7 nitrogen and oxygen atoms in total. The Morgan fingerprint density at radius 1 is 1.00 bits per heavy atom. The molecule has 0 aliphatic heterocycles. The molecule has 1 N–H and O–H groups in total. The van der Waals surface area contributed by atoms with Gasteiger partial charge in [0.15, 0.2) is 11.3 Å². The first-order valence-electron chi connectivity index (χ1n) is 10.1. The second-order valence-corrected chi connectivity index (χ2v) is 9.86. The molecule has 1 atom stereocenters. The molecule has 1 fully saturated rings. The molecule has 8 heteroatoms. The number of halogens is 1. The summed E-state index contributed by atoms with van der Waals surface area (Å²) >= 11 is 6.04. The molecule has 166 valence electrons. The van der Waals surface area contributed by atoms with Crippen LogP contribution in [0.25, 0.3) is 0 Å². The number of rotatable bonds is 2. The Bertz CT molecular complexity index is 795. The zero-order valence-electron chi connectivity index (χ0n) is 18.5. The third-order valence-corrected chi connectivity index (χ3v) is 4.79. The quantitative estimate of drug-likeness (QED) is 0.628. The SMILES string of the molecule is CC(C)(C)OC(=O)NN(C(=O)OC(C)(C)C)C1(c2ccc(Cl)cc2)CCCCC1=O. The van der Waals surface area contributed by atoms with Gasteiger partial charge in [0.05, 0.1) is 0 Å². The molecule has 0 aromatic heterocycles. The van der Waals surface area contributed by atoms with Gasteiger partial charge in [-0.2, -0.15) is 5.01 Å². The topological polar surface area (TPSA) is 84.9 Å². The van der Waals surface area contributed by atoms with Gasteiger partial charge in [0.2, 0.25) is 0 Å². The maximum Gasteiger partial charge on any atom is 0.430 e. The molecular weight excluding hydrogens is 408 g/mol. The van der Waals surface area contributed by atoms with E-state index < -0.39 is 28.9 Å². The van der Waals surface area contributed by atoms with E-state index >= 15 is 0 Å². The van der Waals surface area contributed by atoms with Gasteiger partial charge >= 0.3 is 12.2 Å². The van der Waals surface area contributed by atoms with Gasteiger partial charge in [0.1, 0.15) is 11.2 Å². The van der Waals surface area contributed by atoms with Crippen LogP contribution in [0, 0.1) is 0 Å². The van der Waals surface area contributed by atoms with Gasteiger partial charge in [-0.1, -0.05) is 23.7 Å². The molecule has 0 spiro atoms. The summed E-state index contributed by atoms with van der Waals surface area (Å²) in [5.41, 5.74) is 0.0198. The van der Waals surface area contributed by atoms with E-state index in [9.17, 15) is 14.4 Å². The second-order valence-electron chi connectivity index (χ2n) is 9.43. The number of nitrogens with one attached hydrogen (secondary N) is 1. The van der Waals surface area contributed by atoms with Crippen molar-refractivity contribution >= 4 is 29.6 Å². The highest BCUT2D eigenvalue weighted by Gasteiger charge is 2.51. The number of carbonyl (C=O) groups is 3. The van der Waals surface area contributed by atoms with Gasteiger partial charge in [-0.25, -0.2) is 15.0 Å². The summed E-state index contributed by atoms with van der Waals surface area (Å²) in [5, 5.41) is 1.50. The highest BCUT2D eigenvalue weighted by Crippen LogP contribution is 2.40. The van der Waals surface area contributed by atoms with E-state index in [0.717, 1.165) is 5.01 Å². The summed E-state index contributed by atoms with van der Waals surface area (Å²) in [6.45, 7) is 10.3. The maximum atomic E-state index is 13.3. The van der Waals surface area contributed by atoms with E-state index in [2.05, 4.69) is 5.43 Å². The van der Waals surface area contributed by atoms with Gasteiger partial charge < -0.3 is 9.47 Å². The molecule has 1 aromatic rings. The number of ketones is 1. The van der Waals surface area contributed by atoms with Crippen molar-refractivity contribution in [2.45, 2.75) is 84.0 Å². The molecule has 0 saturated heterocycles. The number of ether oxygens (including phenoxy) is 2. The minimum Gasteiger partial charge on any atom is -0.443 e. The van der Waals surface area contributed by atoms with Crippen LogP contribution in [0.4, 0.5) is 9.59 Å². The van der Waals surface area contributed by atoms with E-state index in [0.29, 0.717) is 29.8 Å². The van der Waals surface area contributed by atoms with Gasteiger partial charge in [0.25, 0.3) is 0 Å². The summed E-state index contributed by atoms with van der Waals surface area (Å²) in [4.78, 5) is 39.1. The Morgan fingerprint density at radius 3 is 2.07 bits per heavy atom. The van der Waals surface area contributed by atoms with Crippen molar-refractivity contribution in [1.29, 1.82) is 0 Å². The monoisotopic (exact) mass is 438 g/mol. The van der Waals surface area contributed by atoms with E-state index in [4.69, 9.17) is 21.1 Å². The Labute approximate surface area is 183 Å². The van der Waals surface area contributed by atoms with Gasteiger partial charge in [0, 0.05) is 11.4 Å². The zero-order chi connectivity index (χ0) is 22.7. The minimum absolute atomic E-state index is 0.182. The smallest absolute Gasteiger partial charge is 0.430 e. The van der Waals surface area contributed by atoms with Crippen LogP contribution < -0.4 is 5.43 Å². The first kappa shape index (κ1) is 24.0. The number of hydrazine groups is 1. The van der Waals surface area contributed by atoms with Crippen molar-refractivity contribution in [3.8, 4) is 0 Å². The first-order chi connectivity index (χ1) is 13.7. The number of hydrogen-bond acceptors (Lipinski definition) is 5. The number of carbonyl (C=O) groups excluding carboxylic acids is 3. The van der Waals surface area contributed by atoms with E-state index in [-0.39, 0.29) is 12.2 Å². The lowest BCUT2D eigenvalue weighted by atomic mass is 9.75. The van der Waals surface area contributed by atoms with Gasteiger partial charge in [-0.15, -0.1) is 0 Å². The van der Waals surface area contributed by atoms with Crippen LogP contribution in [0.3, 0.4) is 0 Å². The third-order valence-electron chi connectivity index (χ3n) is 4.54. The number of hydrogen-bond donors (Lipinski definition) is 1. The average Bonchev–Trinajstić information content (AvgIpc) is 2.58. The largest absolute Gasteiger partial charge is 0.443 e. The van der Waals surface area contributed by atoms with Crippen LogP contribution in [0.2, 0.25) is 5.02 Å². The molecular formula is C22H31ClN2O5. The highest BCUT2D eigenvalue weighted by molar-refractivity contribution is 6.30. The number of amides is 2. The fourth-order valence-electron chi connectivity index (χ4n) is 3.41. The predicted octanol–water partition coefficient (Wildman–Crippen LogP) is 5.36. The molecule has 1 aliphatic carbocycles. The van der Waals surface area contributed by atoms with Crippen molar-refractivity contribution < 1.29 is 23.9 Å². The van der Waals surface area contributed by atoms with Crippen LogP contribution in [0.15, 0.2) is 24.3 Å². The first-order valence-corrected chi connectivity index (χ1v) is 10.4. The van der Waals surface area contributed by atoms with Crippen molar-refractivity contribution in [3.63, 3.8) is 0 Å². The average molecular weight is 439 g/mol. The number of benzene rings is 1. The lowest BCUT2D eigenvalue weighted by Gasteiger charge is -2.44.